The highest BCUT2D eigenvalue weighted by atomic mass is 19.4. The molecule has 8 nitrogen and oxygen atoms in total. The largest absolute Gasteiger partial charge is 0.423 e. The molecule has 0 radical (unpaired) electrons. The Morgan fingerprint density at radius 1 is 1.14 bits per heavy atom. The van der Waals surface area contributed by atoms with Crippen molar-refractivity contribution in [1.82, 2.24) is 9.55 Å². The molecule has 0 spiro atoms. The molecule has 1 heterocycles. The number of rotatable bonds is 2. The van der Waals surface area contributed by atoms with Gasteiger partial charge in [-0.15, -0.1) is 0 Å². The van der Waals surface area contributed by atoms with E-state index >= 15 is 0 Å². The summed E-state index contributed by atoms with van der Waals surface area (Å²) >= 11 is 0. The maximum absolute atomic E-state index is 12.7. The molecule has 2 unspecified atom stereocenters. The fourth-order valence-corrected chi connectivity index (χ4v) is 2.57. The number of aliphatic hydroxyl groups excluding tert-OH is 4. The van der Waals surface area contributed by atoms with Gasteiger partial charge in [0.15, 0.2) is 0 Å². The molecule has 5 atom stereocenters. The van der Waals surface area contributed by atoms with Crippen LogP contribution < -0.4 is 11.2 Å². The summed E-state index contributed by atoms with van der Waals surface area (Å²) in [5, 5.41) is 38.4. The maximum Gasteiger partial charge on any atom is 0.423 e. The monoisotopic (exact) mass is 326 g/mol. The summed E-state index contributed by atoms with van der Waals surface area (Å²) in [6.07, 6.45) is -9.99. The van der Waals surface area contributed by atoms with E-state index in [1.54, 1.807) is 0 Å². The number of aromatic nitrogens is 2. The Kier molecular flexibility index (Phi) is 4.17. The highest BCUT2D eigenvalue weighted by Crippen LogP contribution is 2.35. The number of hydrogen-bond donors (Lipinski definition) is 5. The van der Waals surface area contributed by atoms with Crippen LogP contribution in [0.5, 0.6) is 0 Å². The van der Waals surface area contributed by atoms with Gasteiger partial charge < -0.3 is 20.4 Å². The first kappa shape index (κ1) is 16.7. The molecule has 1 aliphatic rings. The van der Waals surface area contributed by atoms with E-state index < -0.39 is 59.9 Å². The van der Waals surface area contributed by atoms with Crippen LogP contribution in [-0.2, 0) is 6.18 Å². The van der Waals surface area contributed by atoms with Crippen molar-refractivity contribution in [2.45, 2.75) is 30.5 Å². The highest BCUT2D eigenvalue weighted by molar-refractivity contribution is 5.12. The van der Waals surface area contributed by atoms with Gasteiger partial charge in [0.25, 0.3) is 5.56 Å². The molecule has 2 rings (SSSR count). The Bertz CT molecular complexity index is 669. The summed E-state index contributed by atoms with van der Waals surface area (Å²) in [5.74, 6) is -1.24. The van der Waals surface area contributed by atoms with Gasteiger partial charge in [-0.05, 0) is 0 Å². The molecule has 1 fully saturated rings. The van der Waals surface area contributed by atoms with Crippen molar-refractivity contribution < 1.29 is 33.6 Å². The lowest BCUT2D eigenvalue weighted by molar-refractivity contribution is -0.139. The quantitative estimate of drug-likeness (QED) is 0.418. The van der Waals surface area contributed by atoms with Gasteiger partial charge in [-0.3, -0.25) is 14.3 Å². The number of aliphatic hydroxyl groups is 4. The minimum atomic E-state index is -5.05. The molecular formula is C11H13F3N2O6. The second kappa shape index (κ2) is 5.50. The normalized spacial score (nSPS) is 32.4. The van der Waals surface area contributed by atoms with E-state index in [1.807, 2.05) is 0 Å². The number of nitrogens with one attached hydrogen (secondary N) is 1. The molecule has 124 valence electrons. The molecule has 0 bridgehead atoms. The zero-order valence-corrected chi connectivity index (χ0v) is 10.9. The Hall–Kier alpha value is -1.69. The van der Waals surface area contributed by atoms with E-state index in [0.29, 0.717) is 4.57 Å². The predicted octanol–water partition coefficient (Wildman–Crippen LogP) is -2.20. The topological polar surface area (TPSA) is 136 Å². The Morgan fingerprint density at radius 2 is 1.73 bits per heavy atom. The SMILES string of the molecule is O=c1[nH]c(=O)n([C@H]2C(O)C(O)[C@@H](CO)[C@H]2O)cc1C(F)(F)F. The van der Waals surface area contributed by atoms with E-state index in [2.05, 4.69) is 0 Å². The van der Waals surface area contributed by atoms with E-state index in [1.165, 1.54) is 4.98 Å². The number of aromatic amines is 1. The van der Waals surface area contributed by atoms with Crippen molar-refractivity contribution in [3.8, 4) is 0 Å². The maximum atomic E-state index is 12.7. The van der Waals surface area contributed by atoms with Crippen molar-refractivity contribution in [1.29, 1.82) is 0 Å². The fourth-order valence-electron chi connectivity index (χ4n) is 2.57. The lowest BCUT2D eigenvalue weighted by Gasteiger charge is -2.22. The van der Waals surface area contributed by atoms with Gasteiger partial charge in [0, 0.05) is 12.1 Å². The third-order valence-electron chi connectivity index (χ3n) is 3.73. The van der Waals surface area contributed by atoms with Crippen LogP contribution in [-0.4, -0.2) is 54.9 Å². The molecule has 1 saturated carbocycles. The average Bonchev–Trinajstić information content (AvgIpc) is 2.60. The summed E-state index contributed by atoms with van der Waals surface area (Å²) in [6, 6.07) is -1.64. The molecule has 0 aliphatic heterocycles. The van der Waals surface area contributed by atoms with Crippen molar-refractivity contribution in [3.63, 3.8) is 0 Å². The molecule has 1 aliphatic carbocycles. The molecule has 1 aromatic heterocycles. The van der Waals surface area contributed by atoms with Crippen molar-refractivity contribution >= 4 is 0 Å². The second-order valence-electron chi connectivity index (χ2n) is 5.02. The van der Waals surface area contributed by atoms with Crippen LogP contribution in [0.25, 0.3) is 0 Å². The second-order valence-corrected chi connectivity index (χ2v) is 5.02. The summed E-state index contributed by atoms with van der Waals surface area (Å²) in [5.41, 5.74) is -4.63. The molecule has 11 heteroatoms. The lowest BCUT2D eigenvalue weighted by atomic mass is 10.0. The van der Waals surface area contributed by atoms with Gasteiger partial charge >= 0.3 is 11.9 Å². The number of hydrogen-bond acceptors (Lipinski definition) is 6. The van der Waals surface area contributed by atoms with Crippen LogP contribution in [0.3, 0.4) is 0 Å². The van der Waals surface area contributed by atoms with Crippen LogP contribution in [0.2, 0.25) is 0 Å². The minimum Gasteiger partial charge on any atom is -0.396 e. The number of H-pyrrole nitrogens is 1. The zero-order valence-electron chi connectivity index (χ0n) is 10.9. The Labute approximate surface area is 120 Å². The molecule has 0 aromatic carbocycles. The number of nitrogens with zero attached hydrogens (tertiary/aromatic N) is 1. The van der Waals surface area contributed by atoms with Crippen LogP contribution in [0.15, 0.2) is 15.8 Å². The van der Waals surface area contributed by atoms with Gasteiger partial charge in [0.2, 0.25) is 0 Å². The third-order valence-corrected chi connectivity index (χ3v) is 3.73. The van der Waals surface area contributed by atoms with Crippen LogP contribution in [0.1, 0.15) is 11.6 Å². The first-order chi connectivity index (χ1) is 10.1. The zero-order chi connectivity index (χ0) is 16.8. The van der Waals surface area contributed by atoms with Crippen molar-refractivity contribution in [2.24, 2.45) is 5.92 Å². The molecule has 0 amide bonds. The Balaban J connectivity index is 2.58. The van der Waals surface area contributed by atoms with Gasteiger partial charge in [-0.25, -0.2) is 4.79 Å². The first-order valence-corrected chi connectivity index (χ1v) is 6.17. The summed E-state index contributed by atoms with van der Waals surface area (Å²) in [6.45, 7) is -0.750. The smallest absolute Gasteiger partial charge is 0.396 e. The molecule has 5 N–H and O–H groups in total. The summed E-state index contributed by atoms with van der Waals surface area (Å²) < 4.78 is 38.4. The molecule has 22 heavy (non-hydrogen) atoms. The van der Waals surface area contributed by atoms with Gasteiger partial charge in [0.1, 0.15) is 11.7 Å². The van der Waals surface area contributed by atoms with Crippen molar-refractivity contribution in [2.75, 3.05) is 6.61 Å². The van der Waals surface area contributed by atoms with E-state index in [4.69, 9.17) is 5.11 Å². The molecule has 0 saturated heterocycles. The third kappa shape index (κ3) is 2.56. The van der Waals surface area contributed by atoms with E-state index in [0.717, 1.165) is 0 Å². The molecular weight excluding hydrogens is 313 g/mol. The van der Waals surface area contributed by atoms with E-state index in [9.17, 15) is 38.1 Å². The highest BCUT2D eigenvalue weighted by Gasteiger charge is 2.50. The average molecular weight is 326 g/mol. The summed E-state index contributed by atoms with van der Waals surface area (Å²) in [4.78, 5) is 24.3. The van der Waals surface area contributed by atoms with Crippen LogP contribution in [0.4, 0.5) is 13.2 Å². The van der Waals surface area contributed by atoms with Crippen molar-refractivity contribution in [3.05, 3.63) is 32.6 Å². The van der Waals surface area contributed by atoms with E-state index in [-0.39, 0.29) is 6.20 Å². The number of alkyl halides is 3. The fraction of sp³-hybridized carbons (Fsp3) is 0.636. The van der Waals surface area contributed by atoms with Crippen LogP contribution >= 0.6 is 0 Å². The minimum absolute atomic E-state index is 0.171. The first-order valence-electron chi connectivity index (χ1n) is 6.17. The summed E-state index contributed by atoms with van der Waals surface area (Å²) in [7, 11) is 0. The van der Waals surface area contributed by atoms with Gasteiger partial charge in [-0.2, -0.15) is 13.2 Å². The predicted molar refractivity (Wildman–Crippen MR) is 64.0 cm³/mol. The van der Waals surface area contributed by atoms with Crippen LogP contribution in [0, 0.1) is 5.92 Å². The van der Waals surface area contributed by atoms with Gasteiger partial charge in [-0.1, -0.05) is 0 Å². The Morgan fingerprint density at radius 3 is 2.18 bits per heavy atom. The number of halogens is 3. The van der Waals surface area contributed by atoms with Gasteiger partial charge in [0.05, 0.1) is 24.9 Å². The lowest BCUT2D eigenvalue weighted by Crippen LogP contribution is -2.42. The standard InChI is InChI=1S/C11H13F3N2O6/c12-11(13,14)4-1-16(10(22)15-9(4)21)5-6(18)3(2-17)7(19)8(5)20/h1,3,5-8,17-20H,2H2,(H,15,21,22)/t3-,5+,6+,7?,8?/m0/s1. The molecule has 1 aromatic rings.